The molecule has 1 radical (unpaired) electrons. The van der Waals surface area contributed by atoms with Crippen LogP contribution in [0.4, 0.5) is 0 Å². The summed E-state index contributed by atoms with van der Waals surface area (Å²) in [5, 5.41) is 0. The van der Waals surface area contributed by atoms with Gasteiger partial charge in [0.15, 0.2) is 0 Å². The van der Waals surface area contributed by atoms with Gasteiger partial charge in [-0.3, -0.25) is 0 Å². The topological polar surface area (TPSA) is 18.5 Å². The monoisotopic (exact) mass is 143 g/mol. The van der Waals surface area contributed by atoms with Crippen molar-refractivity contribution in [2.24, 2.45) is 0 Å². The van der Waals surface area contributed by atoms with Gasteiger partial charge in [0.2, 0.25) is 0 Å². The van der Waals surface area contributed by atoms with E-state index in [4.69, 9.17) is 9.47 Å². The van der Waals surface area contributed by atoms with Crippen LogP contribution in [0.1, 0.15) is 26.7 Å². The number of hydrogen-bond donors (Lipinski definition) is 0. The lowest BCUT2D eigenvalue weighted by atomic mass is 10.1. The summed E-state index contributed by atoms with van der Waals surface area (Å²) < 4.78 is 10.7. The Morgan fingerprint density at radius 2 is 2.50 bits per heavy atom. The highest BCUT2D eigenvalue weighted by Crippen LogP contribution is 2.24. The van der Waals surface area contributed by atoms with Gasteiger partial charge >= 0.3 is 0 Å². The SMILES string of the molecule is CCOC(C)[C]1CCCO1. The molecule has 1 unspecified atom stereocenters. The summed E-state index contributed by atoms with van der Waals surface area (Å²) in [6.45, 7) is 5.71. The van der Waals surface area contributed by atoms with E-state index in [0.717, 1.165) is 32.2 Å². The van der Waals surface area contributed by atoms with E-state index in [2.05, 4.69) is 0 Å². The van der Waals surface area contributed by atoms with Crippen LogP contribution in [0, 0.1) is 6.10 Å². The van der Waals surface area contributed by atoms with Crippen molar-refractivity contribution >= 4 is 0 Å². The summed E-state index contributed by atoms with van der Waals surface area (Å²) in [5.74, 6) is 0. The normalized spacial score (nSPS) is 23.4. The third kappa shape index (κ3) is 1.96. The standard InChI is InChI=1S/C8H15O2/c1-3-9-7(2)8-5-4-6-10-8/h7H,3-6H2,1-2H3. The van der Waals surface area contributed by atoms with Crippen molar-refractivity contribution in [1.82, 2.24) is 0 Å². The van der Waals surface area contributed by atoms with Crippen LogP contribution in [0.15, 0.2) is 0 Å². The van der Waals surface area contributed by atoms with Gasteiger partial charge in [-0.25, -0.2) is 0 Å². The maximum absolute atomic E-state index is 5.36. The maximum Gasteiger partial charge on any atom is 0.125 e. The third-order valence-electron chi connectivity index (χ3n) is 1.73. The first-order chi connectivity index (χ1) is 4.84. The molecule has 2 nitrogen and oxygen atoms in total. The van der Waals surface area contributed by atoms with Crippen molar-refractivity contribution < 1.29 is 9.47 Å². The molecule has 1 rings (SSSR count). The molecular weight excluding hydrogens is 128 g/mol. The Balaban J connectivity index is 2.18. The Kier molecular flexibility index (Phi) is 3.16. The van der Waals surface area contributed by atoms with Crippen LogP contribution < -0.4 is 0 Å². The number of ether oxygens (including phenoxy) is 2. The van der Waals surface area contributed by atoms with E-state index >= 15 is 0 Å². The largest absolute Gasteiger partial charge is 0.376 e. The summed E-state index contributed by atoms with van der Waals surface area (Å²) in [4.78, 5) is 0. The molecule has 0 bridgehead atoms. The number of rotatable bonds is 3. The summed E-state index contributed by atoms with van der Waals surface area (Å²) in [6.07, 6.45) is 3.57. The molecule has 10 heavy (non-hydrogen) atoms. The van der Waals surface area contributed by atoms with E-state index in [1.54, 1.807) is 0 Å². The molecule has 0 saturated carbocycles. The fourth-order valence-electron chi connectivity index (χ4n) is 1.19. The molecule has 0 aromatic rings. The first kappa shape index (κ1) is 8.02. The van der Waals surface area contributed by atoms with Crippen LogP contribution >= 0.6 is 0 Å². The zero-order valence-electron chi connectivity index (χ0n) is 6.72. The molecule has 0 aromatic heterocycles. The van der Waals surface area contributed by atoms with Gasteiger partial charge in [0.05, 0.1) is 6.10 Å². The average molecular weight is 143 g/mol. The molecule has 1 atom stereocenters. The van der Waals surface area contributed by atoms with Gasteiger partial charge in [0.1, 0.15) is 6.10 Å². The zero-order valence-corrected chi connectivity index (χ0v) is 6.72. The third-order valence-corrected chi connectivity index (χ3v) is 1.73. The highest BCUT2D eigenvalue weighted by atomic mass is 16.5. The van der Waals surface area contributed by atoms with Gasteiger partial charge in [0, 0.05) is 13.2 Å². The number of hydrogen-bond acceptors (Lipinski definition) is 2. The van der Waals surface area contributed by atoms with Crippen molar-refractivity contribution in [3.05, 3.63) is 6.10 Å². The molecule has 1 aliphatic heterocycles. The van der Waals surface area contributed by atoms with Crippen molar-refractivity contribution in [2.75, 3.05) is 13.2 Å². The lowest BCUT2D eigenvalue weighted by Gasteiger charge is -2.16. The van der Waals surface area contributed by atoms with Gasteiger partial charge in [-0.2, -0.15) is 0 Å². The maximum atomic E-state index is 5.36. The second kappa shape index (κ2) is 3.94. The Bertz CT molecular complexity index is 87.3. The first-order valence-corrected chi connectivity index (χ1v) is 3.94. The second-order valence-corrected chi connectivity index (χ2v) is 2.52. The Labute approximate surface area is 62.5 Å². The predicted octanol–water partition coefficient (Wildman–Crippen LogP) is 1.75. The Hall–Kier alpha value is -0.0800. The van der Waals surface area contributed by atoms with Gasteiger partial charge < -0.3 is 9.47 Å². The van der Waals surface area contributed by atoms with E-state index < -0.39 is 0 Å². The lowest BCUT2D eigenvalue weighted by Crippen LogP contribution is -2.17. The molecule has 1 fully saturated rings. The fraction of sp³-hybridized carbons (Fsp3) is 0.875. The molecule has 0 aromatic carbocycles. The first-order valence-electron chi connectivity index (χ1n) is 3.94. The summed E-state index contributed by atoms with van der Waals surface area (Å²) in [6, 6.07) is 0. The van der Waals surface area contributed by atoms with E-state index in [9.17, 15) is 0 Å². The zero-order chi connectivity index (χ0) is 7.40. The van der Waals surface area contributed by atoms with Gasteiger partial charge in [0.25, 0.3) is 0 Å². The quantitative estimate of drug-likeness (QED) is 0.599. The van der Waals surface area contributed by atoms with Crippen LogP contribution in [-0.2, 0) is 9.47 Å². The van der Waals surface area contributed by atoms with Gasteiger partial charge in [-0.05, 0) is 26.7 Å². The van der Waals surface area contributed by atoms with Crippen molar-refractivity contribution in [3.8, 4) is 0 Å². The van der Waals surface area contributed by atoms with Gasteiger partial charge in [-0.15, -0.1) is 0 Å². The summed E-state index contributed by atoms with van der Waals surface area (Å²) in [7, 11) is 0. The summed E-state index contributed by atoms with van der Waals surface area (Å²) in [5.41, 5.74) is 0. The second-order valence-electron chi connectivity index (χ2n) is 2.52. The molecule has 1 aliphatic rings. The Morgan fingerprint density at radius 1 is 1.70 bits per heavy atom. The average Bonchev–Trinajstić information content (AvgIpc) is 2.38. The molecule has 2 heteroatoms. The minimum atomic E-state index is 0.201. The van der Waals surface area contributed by atoms with Crippen molar-refractivity contribution in [1.29, 1.82) is 0 Å². The minimum Gasteiger partial charge on any atom is -0.376 e. The molecule has 59 valence electrons. The molecule has 0 amide bonds. The van der Waals surface area contributed by atoms with Crippen LogP contribution in [0.3, 0.4) is 0 Å². The molecule has 0 spiro atoms. The van der Waals surface area contributed by atoms with E-state index in [-0.39, 0.29) is 6.10 Å². The minimum absolute atomic E-state index is 0.201. The molecule has 0 aliphatic carbocycles. The highest BCUT2D eigenvalue weighted by molar-refractivity contribution is 4.89. The van der Waals surface area contributed by atoms with E-state index in [0.29, 0.717) is 0 Å². The van der Waals surface area contributed by atoms with Crippen LogP contribution in [-0.4, -0.2) is 19.3 Å². The van der Waals surface area contributed by atoms with E-state index in [1.165, 1.54) is 0 Å². The lowest BCUT2D eigenvalue weighted by molar-refractivity contribution is 0.0226. The Morgan fingerprint density at radius 3 is 3.00 bits per heavy atom. The molecule has 0 N–H and O–H groups in total. The van der Waals surface area contributed by atoms with Crippen molar-refractivity contribution in [3.63, 3.8) is 0 Å². The predicted molar refractivity (Wildman–Crippen MR) is 39.5 cm³/mol. The highest BCUT2D eigenvalue weighted by Gasteiger charge is 2.23. The van der Waals surface area contributed by atoms with E-state index in [1.807, 2.05) is 13.8 Å². The van der Waals surface area contributed by atoms with Crippen LogP contribution in [0.25, 0.3) is 0 Å². The smallest absolute Gasteiger partial charge is 0.125 e. The van der Waals surface area contributed by atoms with Crippen LogP contribution in [0.5, 0.6) is 0 Å². The molecular formula is C8H15O2. The van der Waals surface area contributed by atoms with Crippen molar-refractivity contribution in [2.45, 2.75) is 32.8 Å². The van der Waals surface area contributed by atoms with Crippen LogP contribution in [0.2, 0.25) is 0 Å². The summed E-state index contributed by atoms with van der Waals surface area (Å²) >= 11 is 0. The molecule has 1 heterocycles. The molecule has 1 saturated heterocycles. The fourth-order valence-corrected chi connectivity index (χ4v) is 1.19. The van der Waals surface area contributed by atoms with Gasteiger partial charge in [-0.1, -0.05) is 0 Å².